The molecule has 0 radical (unpaired) electrons. The number of phenolic OH excluding ortho intramolecular Hbond substituents is 1. The lowest BCUT2D eigenvalue weighted by atomic mass is 10.2. The Labute approximate surface area is 93.2 Å². The Bertz CT molecular complexity index is 437. The minimum atomic E-state index is 0.344. The summed E-state index contributed by atoms with van der Waals surface area (Å²) >= 11 is 1.70. The molecular formula is C12H13NOS. The van der Waals surface area contributed by atoms with Gasteiger partial charge in [0.25, 0.3) is 0 Å². The van der Waals surface area contributed by atoms with Crippen LogP contribution in [0.2, 0.25) is 0 Å². The van der Waals surface area contributed by atoms with Gasteiger partial charge in [-0.25, -0.2) is 0 Å². The maximum absolute atomic E-state index is 9.37. The van der Waals surface area contributed by atoms with Crippen molar-refractivity contribution < 1.29 is 5.11 Å². The topological polar surface area (TPSA) is 32.3 Å². The molecule has 0 bridgehead atoms. The monoisotopic (exact) mass is 219 g/mol. The van der Waals surface area contributed by atoms with Gasteiger partial charge in [0, 0.05) is 12.2 Å². The van der Waals surface area contributed by atoms with Crippen molar-refractivity contribution >= 4 is 17.0 Å². The highest BCUT2D eigenvalue weighted by molar-refractivity contribution is 7.07. The zero-order valence-electron chi connectivity index (χ0n) is 8.53. The number of phenols is 1. The van der Waals surface area contributed by atoms with Crippen LogP contribution in [0.3, 0.4) is 0 Å². The second kappa shape index (κ2) is 4.36. The van der Waals surface area contributed by atoms with E-state index in [1.54, 1.807) is 17.4 Å². The average molecular weight is 219 g/mol. The smallest absolute Gasteiger partial charge is 0.118 e. The molecule has 0 unspecified atom stereocenters. The first kappa shape index (κ1) is 10.1. The van der Waals surface area contributed by atoms with Crippen molar-refractivity contribution in [3.63, 3.8) is 0 Å². The number of nitrogens with one attached hydrogen (secondary N) is 1. The Morgan fingerprint density at radius 2 is 2.20 bits per heavy atom. The standard InChI is InChI=1S/C12H13NOS/c1-9-6-11(2-3-12(9)14)13-7-10-4-5-15-8-10/h2-6,8,13-14H,7H2,1H3. The Morgan fingerprint density at radius 1 is 1.33 bits per heavy atom. The van der Waals surface area contributed by atoms with Crippen molar-refractivity contribution in [1.29, 1.82) is 0 Å². The van der Waals surface area contributed by atoms with Gasteiger partial charge in [0.15, 0.2) is 0 Å². The molecule has 2 nitrogen and oxygen atoms in total. The van der Waals surface area contributed by atoms with Crippen LogP contribution < -0.4 is 5.32 Å². The normalized spacial score (nSPS) is 10.2. The molecule has 0 saturated carbocycles. The van der Waals surface area contributed by atoms with E-state index in [2.05, 4.69) is 22.1 Å². The van der Waals surface area contributed by atoms with E-state index in [1.807, 2.05) is 19.1 Å². The van der Waals surface area contributed by atoms with E-state index >= 15 is 0 Å². The number of thiophene rings is 1. The zero-order chi connectivity index (χ0) is 10.7. The van der Waals surface area contributed by atoms with Gasteiger partial charge in [0.1, 0.15) is 5.75 Å². The third-order valence-corrected chi connectivity index (χ3v) is 3.01. The van der Waals surface area contributed by atoms with Crippen LogP contribution in [0.1, 0.15) is 11.1 Å². The molecule has 0 amide bonds. The van der Waals surface area contributed by atoms with Gasteiger partial charge in [0.2, 0.25) is 0 Å². The van der Waals surface area contributed by atoms with Gasteiger partial charge in [-0.15, -0.1) is 0 Å². The Kier molecular flexibility index (Phi) is 2.92. The Morgan fingerprint density at radius 3 is 2.87 bits per heavy atom. The molecule has 1 aromatic carbocycles. The van der Waals surface area contributed by atoms with Gasteiger partial charge >= 0.3 is 0 Å². The van der Waals surface area contributed by atoms with Crippen LogP contribution in [0.25, 0.3) is 0 Å². The highest BCUT2D eigenvalue weighted by Gasteiger charge is 1.98. The number of anilines is 1. The first-order valence-electron chi connectivity index (χ1n) is 4.80. The average Bonchev–Trinajstić information content (AvgIpc) is 2.73. The predicted octanol–water partition coefficient (Wildman–Crippen LogP) is 3.37. The maximum atomic E-state index is 9.37. The van der Waals surface area contributed by atoms with Gasteiger partial charge < -0.3 is 10.4 Å². The summed E-state index contributed by atoms with van der Waals surface area (Å²) in [4.78, 5) is 0. The number of hydrogen-bond donors (Lipinski definition) is 2. The molecule has 0 spiro atoms. The van der Waals surface area contributed by atoms with E-state index in [0.717, 1.165) is 17.8 Å². The molecular weight excluding hydrogens is 206 g/mol. The summed E-state index contributed by atoms with van der Waals surface area (Å²) in [6, 6.07) is 7.65. The summed E-state index contributed by atoms with van der Waals surface area (Å²) in [5.74, 6) is 0.344. The van der Waals surface area contributed by atoms with Gasteiger partial charge in [0.05, 0.1) is 0 Å². The van der Waals surface area contributed by atoms with Crippen LogP contribution in [-0.2, 0) is 6.54 Å². The number of aromatic hydroxyl groups is 1. The fourth-order valence-electron chi connectivity index (χ4n) is 1.36. The van der Waals surface area contributed by atoms with Crippen molar-refractivity contribution in [3.05, 3.63) is 46.2 Å². The van der Waals surface area contributed by atoms with Crippen molar-refractivity contribution in [2.45, 2.75) is 13.5 Å². The van der Waals surface area contributed by atoms with E-state index in [-0.39, 0.29) is 0 Å². The molecule has 2 aromatic rings. The van der Waals surface area contributed by atoms with Crippen LogP contribution in [-0.4, -0.2) is 5.11 Å². The summed E-state index contributed by atoms with van der Waals surface area (Å²) in [6.45, 7) is 2.72. The van der Waals surface area contributed by atoms with Crippen molar-refractivity contribution in [2.75, 3.05) is 5.32 Å². The largest absolute Gasteiger partial charge is 0.508 e. The van der Waals surface area contributed by atoms with E-state index in [0.29, 0.717) is 5.75 Å². The van der Waals surface area contributed by atoms with E-state index in [1.165, 1.54) is 5.56 Å². The van der Waals surface area contributed by atoms with Crippen LogP contribution in [0.4, 0.5) is 5.69 Å². The molecule has 0 atom stereocenters. The molecule has 0 aliphatic rings. The lowest BCUT2D eigenvalue weighted by Gasteiger charge is -2.06. The predicted molar refractivity (Wildman–Crippen MR) is 64.5 cm³/mol. The lowest BCUT2D eigenvalue weighted by Crippen LogP contribution is -1.97. The fourth-order valence-corrected chi connectivity index (χ4v) is 2.03. The second-order valence-electron chi connectivity index (χ2n) is 3.49. The first-order chi connectivity index (χ1) is 7.25. The summed E-state index contributed by atoms with van der Waals surface area (Å²) in [7, 11) is 0. The minimum Gasteiger partial charge on any atom is -0.508 e. The van der Waals surface area contributed by atoms with Crippen LogP contribution in [0, 0.1) is 6.92 Å². The highest BCUT2D eigenvalue weighted by atomic mass is 32.1. The zero-order valence-corrected chi connectivity index (χ0v) is 9.34. The van der Waals surface area contributed by atoms with Crippen molar-refractivity contribution in [1.82, 2.24) is 0 Å². The third kappa shape index (κ3) is 2.50. The van der Waals surface area contributed by atoms with Crippen LogP contribution in [0.15, 0.2) is 35.0 Å². The Hall–Kier alpha value is -1.48. The number of benzene rings is 1. The maximum Gasteiger partial charge on any atom is 0.118 e. The second-order valence-corrected chi connectivity index (χ2v) is 4.27. The number of aryl methyl sites for hydroxylation is 1. The van der Waals surface area contributed by atoms with Gasteiger partial charge in [-0.05, 0) is 53.1 Å². The highest BCUT2D eigenvalue weighted by Crippen LogP contribution is 2.20. The summed E-state index contributed by atoms with van der Waals surface area (Å²) in [5.41, 5.74) is 3.22. The first-order valence-corrected chi connectivity index (χ1v) is 5.74. The summed E-state index contributed by atoms with van der Waals surface area (Å²) in [6.07, 6.45) is 0. The van der Waals surface area contributed by atoms with E-state index in [4.69, 9.17) is 0 Å². The molecule has 2 N–H and O–H groups in total. The van der Waals surface area contributed by atoms with Crippen molar-refractivity contribution in [2.24, 2.45) is 0 Å². The molecule has 0 fully saturated rings. The van der Waals surface area contributed by atoms with E-state index < -0.39 is 0 Å². The van der Waals surface area contributed by atoms with Gasteiger partial charge in [-0.3, -0.25) is 0 Å². The molecule has 78 valence electrons. The SMILES string of the molecule is Cc1cc(NCc2ccsc2)ccc1O. The lowest BCUT2D eigenvalue weighted by molar-refractivity contribution is 0.471. The third-order valence-electron chi connectivity index (χ3n) is 2.27. The minimum absolute atomic E-state index is 0.344. The van der Waals surface area contributed by atoms with Crippen LogP contribution >= 0.6 is 11.3 Å². The molecule has 0 aliphatic carbocycles. The van der Waals surface area contributed by atoms with E-state index in [9.17, 15) is 5.11 Å². The quantitative estimate of drug-likeness (QED) is 0.776. The van der Waals surface area contributed by atoms with Crippen molar-refractivity contribution in [3.8, 4) is 5.75 Å². The molecule has 3 heteroatoms. The summed E-state index contributed by atoms with van der Waals surface area (Å²) < 4.78 is 0. The van der Waals surface area contributed by atoms with Gasteiger partial charge in [-0.1, -0.05) is 0 Å². The molecule has 1 aromatic heterocycles. The summed E-state index contributed by atoms with van der Waals surface area (Å²) in [5, 5.41) is 16.9. The van der Waals surface area contributed by atoms with Gasteiger partial charge in [-0.2, -0.15) is 11.3 Å². The number of rotatable bonds is 3. The Balaban J connectivity index is 2.02. The molecule has 1 heterocycles. The molecule has 2 rings (SSSR count). The molecule has 0 saturated heterocycles. The fraction of sp³-hybridized carbons (Fsp3) is 0.167. The number of hydrogen-bond acceptors (Lipinski definition) is 3. The van der Waals surface area contributed by atoms with Crippen LogP contribution in [0.5, 0.6) is 5.75 Å². The molecule has 0 aliphatic heterocycles. The molecule has 15 heavy (non-hydrogen) atoms.